The SMILES string of the molecule is Cc1cc(CC(=O)NCCONC(=N)N)c(NS(=O)(=O)c2ccccc2S(C)(=O)=O)c(=O)[nH]1.O=C(O)C(F)(F)F. The molecule has 0 bridgehead atoms. The molecule has 0 radical (unpaired) electrons. The lowest BCUT2D eigenvalue weighted by molar-refractivity contribution is -0.192. The topological polar surface area (TPSA) is 251 Å². The summed E-state index contributed by atoms with van der Waals surface area (Å²) in [5, 5.41) is 16.6. The maximum atomic E-state index is 13.0. The van der Waals surface area contributed by atoms with Crippen LogP contribution in [-0.4, -0.2) is 70.3 Å². The van der Waals surface area contributed by atoms with E-state index in [0.29, 0.717) is 5.69 Å². The number of anilines is 1. The van der Waals surface area contributed by atoms with Crippen LogP contribution in [0, 0.1) is 12.3 Å². The van der Waals surface area contributed by atoms with Crippen molar-refractivity contribution in [2.75, 3.05) is 24.1 Å². The minimum Gasteiger partial charge on any atom is -0.475 e. The summed E-state index contributed by atoms with van der Waals surface area (Å²) in [6.45, 7) is 1.59. The Balaban J connectivity index is 0.00000101. The van der Waals surface area contributed by atoms with Gasteiger partial charge in [0.15, 0.2) is 9.84 Å². The van der Waals surface area contributed by atoms with Crippen molar-refractivity contribution >= 4 is 43.4 Å². The number of sulfone groups is 1. The molecule has 1 heterocycles. The first kappa shape index (κ1) is 33.9. The highest BCUT2D eigenvalue weighted by molar-refractivity contribution is 7.95. The van der Waals surface area contributed by atoms with E-state index in [9.17, 15) is 39.6 Å². The third kappa shape index (κ3) is 10.9. The highest BCUT2D eigenvalue weighted by Gasteiger charge is 2.38. The lowest BCUT2D eigenvalue weighted by atomic mass is 10.1. The van der Waals surface area contributed by atoms with Crippen LogP contribution in [0.25, 0.3) is 0 Å². The second-order valence-electron chi connectivity index (χ2n) is 7.70. The maximum Gasteiger partial charge on any atom is 0.490 e. The third-order valence-electron chi connectivity index (χ3n) is 4.33. The second kappa shape index (κ2) is 13.8. The summed E-state index contributed by atoms with van der Waals surface area (Å²) in [5.41, 5.74) is 6.40. The van der Waals surface area contributed by atoms with Crippen LogP contribution in [0.4, 0.5) is 18.9 Å². The monoisotopic (exact) mass is 614 g/mol. The van der Waals surface area contributed by atoms with Crippen LogP contribution in [-0.2, 0) is 40.7 Å². The fraction of sp³-hybridized carbons (Fsp3) is 0.300. The van der Waals surface area contributed by atoms with E-state index in [4.69, 9.17) is 25.9 Å². The Morgan fingerprint density at radius 2 is 1.70 bits per heavy atom. The molecule has 0 atom stereocenters. The fourth-order valence-corrected chi connectivity index (χ4v) is 5.52. The summed E-state index contributed by atoms with van der Waals surface area (Å²) in [6, 6.07) is 6.39. The summed E-state index contributed by atoms with van der Waals surface area (Å²) in [4.78, 5) is 40.0. The molecule has 0 aliphatic rings. The van der Waals surface area contributed by atoms with Gasteiger partial charge < -0.3 is 21.1 Å². The number of aromatic amines is 1. The number of H-pyrrole nitrogens is 1. The Morgan fingerprint density at radius 1 is 1.15 bits per heavy atom. The quantitative estimate of drug-likeness (QED) is 0.0784. The van der Waals surface area contributed by atoms with Crippen molar-refractivity contribution in [3.8, 4) is 0 Å². The molecular weight excluding hydrogens is 589 g/mol. The van der Waals surface area contributed by atoms with Crippen molar-refractivity contribution in [1.29, 1.82) is 5.41 Å². The van der Waals surface area contributed by atoms with E-state index >= 15 is 0 Å². The summed E-state index contributed by atoms with van der Waals surface area (Å²) in [5.74, 6) is -3.70. The highest BCUT2D eigenvalue weighted by Crippen LogP contribution is 2.24. The molecule has 0 spiro atoms. The van der Waals surface area contributed by atoms with Gasteiger partial charge in [0.1, 0.15) is 10.6 Å². The van der Waals surface area contributed by atoms with Gasteiger partial charge >= 0.3 is 12.1 Å². The molecule has 0 fully saturated rings. The summed E-state index contributed by atoms with van der Waals surface area (Å²) >= 11 is 0. The summed E-state index contributed by atoms with van der Waals surface area (Å²) < 4.78 is 83.8. The molecule has 1 amide bonds. The first-order valence-electron chi connectivity index (χ1n) is 10.6. The van der Waals surface area contributed by atoms with Crippen LogP contribution in [0.1, 0.15) is 11.3 Å². The van der Waals surface area contributed by atoms with Crippen LogP contribution < -0.4 is 26.8 Å². The average Bonchev–Trinajstić information content (AvgIpc) is 2.80. The Kier molecular flexibility index (Phi) is 11.6. The Morgan fingerprint density at radius 3 is 2.20 bits per heavy atom. The molecule has 222 valence electrons. The first-order valence-corrected chi connectivity index (χ1v) is 14.0. The Labute approximate surface area is 225 Å². The predicted octanol–water partition coefficient (Wildman–Crippen LogP) is -0.406. The normalized spacial score (nSPS) is 11.5. The van der Waals surface area contributed by atoms with Crippen LogP contribution in [0.5, 0.6) is 0 Å². The molecule has 8 N–H and O–H groups in total. The summed E-state index contributed by atoms with van der Waals surface area (Å²) in [7, 11) is -8.38. The lowest BCUT2D eigenvalue weighted by Crippen LogP contribution is -2.35. The van der Waals surface area contributed by atoms with Crippen LogP contribution in [0.3, 0.4) is 0 Å². The lowest BCUT2D eigenvalue weighted by Gasteiger charge is -2.14. The average molecular weight is 615 g/mol. The van der Waals surface area contributed by atoms with Crippen molar-refractivity contribution in [3.63, 3.8) is 0 Å². The summed E-state index contributed by atoms with van der Waals surface area (Å²) in [6.07, 6.45) is -4.57. The third-order valence-corrected chi connectivity index (χ3v) is 7.02. The van der Waals surface area contributed by atoms with Crippen LogP contribution in [0.2, 0.25) is 0 Å². The molecule has 0 saturated heterocycles. The number of aryl methyl sites for hydroxylation is 1. The molecule has 40 heavy (non-hydrogen) atoms. The molecule has 0 saturated carbocycles. The number of aromatic nitrogens is 1. The number of rotatable bonds is 10. The minimum atomic E-state index is -5.08. The first-order chi connectivity index (χ1) is 18.3. The van der Waals surface area contributed by atoms with E-state index in [2.05, 4.69) is 20.5 Å². The number of hydrogen-bond acceptors (Lipinski definition) is 9. The van der Waals surface area contributed by atoms with Gasteiger partial charge in [0.25, 0.3) is 15.6 Å². The number of carbonyl (C=O) groups is 2. The molecule has 15 nitrogen and oxygen atoms in total. The number of nitrogens with two attached hydrogens (primary N) is 1. The molecular formula is C20H25F3N6O9S2. The van der Waals surface area contributed by atoms with Crippen LogP contribution in [0.15, 0.2) is 44.9 Å². The molecule has 0 aliphatic carbocycles. The number of sulfonamides is 1. The van der Waals surface area contributed by atoms with Crippen molar-refractivity contribution < 1.29 is 49.5 Å². The number of pyridine rings is 1. The van der Waals surface area contributed by atoms with E-state index in [1.807, 2.05) is 0 Å². The largest absolute Gasteiger partial charge is 0.490 e. The molecule has 2 rings (SSSR count). The van der Waals surface area contributed by atoms with Gasteiger partial charge in [0.05, 0.1) is 17.9 Å². The number of nitrogens with one attached hydrogen (secondary N) is 5. The van der Waals surface area contributed by atoms with E-state index in [1.54, 1.807) is 6.92 Å². The van der Waals surface area contributed by atoms with E-state index in [0.717, 1.165) is 18.4 Å². The van der Waals surface area contributed by atoms with Crippen LogP contribution >= 0.6 is 0 Å². The highest BCUT2D eigenvalue weighted by atomic mass is 32.2. The number of carboxylic acid groups (broad SMARTS) is 1. The number of benzene rings is 1. The molecule has 20 heteroatoms. The minimum absolute atomic E-state index is 0.0124. The van der Waals surface area contributed by atoms with E-state index in [-0.39, 0.29) is 25.1 Å². The zero-order valence-corrected chi connectivity index (χ0v) is 22.4. The zero-order chi connectivity index (χ0) is 30.9. The van der Waals surface area contributed by atoms with Gasteiger partial charge in [-0.15, -0.1) is 0 Å². The number of alkyl halides is 3. The van der Waals surface area contributed by atoms with Gasteiger partial charge in [-0.1, -0.05) is 12.1 Å². The number of aliphatic carboxylic acids is 1. The number of carbonyl (C=O) groups excluding carboxylic acids is 1. The van der Waals surface area contributed by atoms with E-state index < -0.39 is 64.9 Å². The number of carboxylic acids is 1. The van der Waals surface area contributed by atoms with Gasteiger partial charge in [0.2, 0.25) is 11.9 Å². The van der Waals surface area contributed by atoms with Crippen molar-refractivity contribution in [3.05, 3.63) is 51.9 Å². The number of hydrogen-bond donors (Lipinski definition) is 7. The Bertz CT molecular complexity index is 1520. The number of halogens is 3. The van der Waals surface area contributed by atoms with Gasteiger partial charge in [-0.2, -0.15) is 13.2 Å². The number of hydroxylamine groups is 1. The standard InChI is InChI=1S/C18H24N6O7S2.C2HF3O2/c1-11-9-12(10-15(25)21-7-8-31-23-18(19)20)16(17(26)22-11)24-33(29,30)14-6-4-3-5-13(14)32(2,27)28;3-2(4,5)1(6)7/h3-6,9,24H,7-8,10H2,1-2H3,(H,21,25)(H,22,26)(H4,19,20,23);(H,6,7). The number of amides is 1. The van der Waals surface area contributed by atoms with Crippen molar-refractivity contribution in [1.82, 2.24) is 15.8 Å². The van der Waals surface area contributed by atoms with Gasteiger partial charge in [-0.05, 0) is 30.7 Å². The van der Waals surface area contributed by atoms with Gasteiger partial charge in [-0.3, -0.25) is 24.6 Å². The van der Waals surface area contributed by atoms with Crippen molar-refractivity contribution in [2.24, 2.45) is 5.73 Å². The molecule has 0 aliphatic heterocycles. The molecule has 1 aromatic heterocycles. The van der Waals surface area contributed by atoms with Gasteiger partial charge in [-0.25, -0.2) is 27.1 Å². The second-order valence-corrected chi connectivity index (χ2v) is 11.3. The molecule has 1 aromatic carbocycles. The number of guanidine groups is 1. The Hall–Kier alpha value is -4.17. The van der Waals surface area contributed by atoms with Crippen molar-refractivity contribution in [2.45, 2.75) is 29.3 Å². The molecule has 2 aromatic rings. The van der Waals surface area contributed by atoms with E-state index in [1.165, 1.54) is 18.2 Å². The maximum absolute atomic E-state index is 13.0. The zero-order valence-electron chi connectivity index (χ0n) is 20.7. The fourth-order valence-electron chi connectivity index (χ4n) is 2.78. The predicted molar refractivity (Wildman–Crippen MR) is 134 cm³/mol. The smallest absolute Gasteiger partial charge is 0.475 e. The molecule has 0 unspecified atom stereocenters. The van der Waals surface area contributed by atoms with Gasteiger partial charge in [0, 0.05) is 18.5 Å².